The molecule has 0 atom stereocenters. The summed E-state index contributed by atoms with van der Waals surface area (Å²) >= 11 is 6.89. The van der Waals surface area contributed by atoms with Gasteiger partial charge in [-0.25, -0.2) is 9.34 Å². The van der Waals surface area contributed by atoms with Crippen LogP contribution in [0.25, 0.3) is 10.4 Å². The van der Waals surface area contributed by atoms with Crippen LogP contribution in [0.2, 0.25) is 5.02 Å². The van der Waals surface area contributed by atoms with Gasteiger partial charge in [-0.2, -0.15) is 0 Å². The van der Waals surface area contributed by atoms with Gasteiger partial charge in [0.25, 0.3) is 0 Å². The van der Waals surface area contributed by atoms with Gasteiger partial charge in [-0.15, -0.1) is 0 Å². The Hall–Kier alpha value is -1.13. The minimum Gasteiger partial charge on any atom is -0.476 e. The molecule has 0 amide bonds. The molecule has 1 heterocycles. The first kappa shape index (κ1) is 8.47. The van der Waals surface area contributed by atoms with Crippen LogP contribution < -0.4 is 10.2 Å². The average Bonchev–Trinajstić information content (AvgIpc) is 2.52. The second-order valence-electron chi connectivity index (χ2n) is 2.35. The minimum atomic E-state index is -0.446. The molecule has 3 nitrogen and oxygen atoms in total. The van der Waals surface area contributed by atoms with Crippen molar-refractivity contribution in [3.63, 3.8) is 0 Å². The van der Waals surface area contributed by atoms with Gasteiger partial charge in [-0.1, -0.05) is 23.7 Å². The van der Waals surface area contributed by atoms with E-state index in [9.17, 15) is 4.79 Å². The molecule has 2 rings (SSSR count). The van der Waals surface area contributed by atoms with E-state index in [1.54, 1.807) is 24.3 Å². The molecule has 0 saturated carbocycles. The van der Waals surface area contributed by atoms with E-state index in [1.165, 1.54) is 0 Å². The SMILES string of the molecule is O=c1o[n-][s+]c1-c1ccccc1Cl. The third-order valence-electron chi connectivity index (χ3n) is 1.55. The lowest BCUT2D eigenvalue weighted by molar-refractivity contribution is 0.396. The van der Waals surface area contributed by atoms with Crippen LogP contribution in [0.4, 0.5) is 0 Å². The van der Waals surface area contributed by atoms with Crippen molar-refractivity contribution in [3.8, 4) is 10.4 Å². The van der Waals surface area contributed by atoms with Gasteiger partial charge in [0.2, 0.25) is 0 Å². The van der Waals surface area contributed by atoms with Crippen LogP contribution in [0.3, 0.4) is 0 Å². The van der Waals surface area contributed by atoms with Crippen LogP contribution in [0.1, 0.15) is 0 Å². The second kappa shape index (κ2) is 3.32. The fraction of sp³-hybridized carbons (Fsp3) is 0. The van der Waals surface area contributed by atoms with E-state index in [-0.39, 0.29) is 0 Å². The summed E-state index contributed by atoms with van der Waals surface area (Å²) < 4.78 is 7.86. The van der Waals surface area contributed by atoms with E-state index in [4.69, 9.17) is 11.6 Å². The van der Waals surface area contributed by atoms with E-state index in [0.717, 1.165) is 11.5 Å². The molecule has 1 aromatic carbocycles. The van der Waals surface area contributed by atoms with E-state index >= 15 is 0 Å². The third-order valence-corrected chi connectivity index (χ3v) is 2.60. The Morgan fingerprint density at radius 2 is 2.15 bits per heavy atom. The molecule has 0 spiro atoms. The highest BCUT2D eigenvalue weighted by Crippen LogP contribution is 2.26. The summed E-state index contributed by atoms with van der Waals surface area (Å²) in [5.74, 6) is 0. The molecule has 0 bridgehead atoms. The summed E-state index contributed by atoms with van der Waals surface area (Å²) in [6.07, 6.45) is 0. The molecule has 1 aromatic heterocycles. The van der Waals surface area contributed by atoms with Crippen LogP contribution in [0, 0.1) is 0 Å². The van der Waals surface area contributed by atoms with Crippen molar-refractivity contribution in [1.82, 2.24) is 4.55 Å². The van der Waals surface area contributed by atoms with Crippen molar-refractivity contribution in [2.45, 2.75) is 0 Å². The van der Waals surface area contributed by atoms with Gasteiger partial charge in [0, 0.05) is 0 Å². The molecule has 0 aliphatic carbocycles. The van der Waals surface area contributed by atoms with E-state index in [2.05, 4.69) is 9.07 Å². The maximum atomic E-state index is 11.1. The molecule has 0 aliphatic rings. The number of benzene rings is 1. The minimum absolute atomic E-state index is 0.436. The maximum absolute atomic E-state index is 11.1. The summed E-state index contributed by atoms with van der Waals surface area (Å²) in [7, 11) is 0. The highest BCUT2D eigenvalue weighted by Gasteiger charge is 2.16. The molecule has 0 unspecified atom stereocenters. The van der Waals surface area contributed by atoms with Gasteiger partial charge in [-0.3, -0.25) is 0 Å². The Balaban J connectivity index is 2.66. The Labute approximate surface area is 82.7 Å². The lowest BCUT2D eigenvalue weighted by Gasteiger charge is -1.91. The summed E-state index contributed by atoms with van der Waals surface area (Å²) in [5.41, 5.74) is 0.221. The summed E-state index contributed by atoms with van der Waals surface area (Å²) in [4.78, 5) is 11.5. The zero-order chi connectivity index (χ0) is 9.26. The van der Waals surface area contributed by atoms with Crippen LogP contribution in [0.15, 0.2) is 33.6 Å². The number of aromatic nitrogens is 1. The molecule has 13 heavy (non-hydrogen) atoms. The van der Waals surface area contributed by atoms with Gasteiger partial charge >= 0.3 is 10.5 Å². The van der Waals surface area contributed by atoms with Crippen molar-refractivity contribution in [3.05, 3.63) is 39.7 Å². The quantitative estimate of drug-likeness (QED) is 0.683. The smallest absolute Gasteiger partial charge is 0.389 e. The van der Waals surface area contributed by atoms with Crippen LogP contribution in [0.5, 0.6) is 0 Å². The lowest BCUT2D eigenvalue weighted by atomic mass is 10.2. The first-order chi connectivity index (χ1) is 6.29. The number of hydrogen-bond donors (Lipinski definition) is 0. The largest absolute Gasteiger partial charge is 0.476 e. The third kappa shape index (κ3) is 1.50. The Morgan fingerprint density at radius 3 is 2.77 bits per heavy atom. The van der Waals surface area contributed by atoms with E-state index in [1.807, 2.05) is 0 Å². The molecule has 0 fully saturated rings. The molecular weight excluding hydrogens is 210 g/mol. The molecule has 0 aliphatic heterocycles. The normalized spacial score (nSPS) is 10.2. The summed E-state index contributed by atoms with van der Waals surface area (Å²) in [6, 6.07) is 7.08. The summed E-state index contributed by atoms with van der Waals surface area (Å²) in [6.45, 7) is 0. The lowest BCUT2D eigenvalue weighted by Crippen LogP contribution is -1.95. The maximum Gasteiger partial charge on any atom is 0.389 e. The number of rotatable bonds is 1. The van der Waals surface area contributed by atoms with E-state index in [0.29, 0.717) is 15.5 Å². The molecule has 2 aromatic rings. The van der Waals surface area contributed by atoms with Crippen molar-refractivity contribution < 1.29 is 4.52 Å². The average molecular weight is 214 g/mol. The zero-order valence-electron chi connectivity index (χ0n) is 6.36. The fourth-order valence-corrected chi connectivity index (χ4v) is 1.83. The van der Waals surface area contributed by atoms with Crippen LogP contribution in [-0.4, -0.2) is 0 Å². The van der Waals surface area contributed by atoms with Crippen molar-refractivity contribution in [2.24, 2.45) is 0 Å². The number of nitrogens with zero attached hydrogens (tertiary/aromatic N) is 1. The zero-order valence-corrected chi connectivity index (χ0v) is 7.93. The monoisotopic (exact) mass is 213 g/mol. The topological polar surface area (TPSA) is 44.3 Å². The fourth-order valence-electron chi connectivity index (χ4n) is 0.973. The van der Waals surface area contributed by atoms with Gasteiger partial charge in [0.1, 0.15) is 0 Å². The standard InChI is InChI=1S/C8H4ClNO2S/c9-6-4-2-1-3-5(6)7-8(11)12-10-13-7/h1-4H. The first-order valence-corrected chi connectivity index (χ1v) is 4.65. The number of halogens is 1. The highest BCUT2D eigenvalue weighted by atomic mass is 35.5. The molecular formula is C8H4ClNO2S. The predicted octanol–water partition coefficient (Wildman–Crippen LogP) is 2.26. The number of hydrogen-bond acceptors (Lipinski definition) is 2. The Kier molecular flexibility index (Phi) is 2.16. The second-order valence-corrected chi connectivity index (χ2v) is 3.50. The van der Waals surface area contributed by atoms with Crippen LogP contribution in [-0.2, 0) is 0 Å². The molecule has 66 valence electrons. The van der Waals surface area contributed by atoms with Crippen molar-refractivity contribution in [1.29, 1.82) is 0 Å². The van der Waals surface area contributed by atoms with Gasteiger partial charge in [0.15, 0.2) is 11.5 Å². The summed E-state index contributed by atoms with van der Waals surface area (Å²) in [5, 5.41) is 0.527. The van der Waals surface area contributed by atoms with Crippen LogP contribution >= 0.6 is 23.1 Å². The molecule has 0 saturated heterocycles. The Bertz CT molecular complexity index is 477. The van der Waals surface area contributed by atoms with Crippen molar-refractivity contribution >= 4 is 23.1 Å². The highest BCUT2D eigenvalue weighted by molar-refractivity contribution is 7.09. The molecule has 0 N–H and O–H groups in total. The van der Waals surface area contributed by atoms with Gasteiger partial charge in [0.05, 0.1) is 10.6 Å². The predicted molar refractivity (Wildman–Crippen MR) is 51.0 cm³/mol. The van der Waals surface area contributed by atoms with Crippen molar-refractivity contribution in [2.75, 3.05) is 0 Å². The molecule has 0 radical (unpaired) electrons. The first-order valence-electron chi connectivity index (χ1n) is 3.49. The molecule has 5 heteroatoms. The van der Waals surface area contributed by atoms with Gasteiger partial charge < -0.3 is 4.52 Å². The van der Waals surface area contributed by atoms with E-state index < -0.39 is 5.63 Å². The Morgan fingerprint density at radius 1 is 1.38 bits per heavy atom. The van der Waals surface area contributed by atoms with Gasteiger partial charge in [-0.05, 0) is 12.1 Å².